The van der Waals surface area contributed by atoms with Gasteiger partial charge in [-0.2, -0.15) is 0 Å². The van der Waals surface area contributed by atoms with Crippen molar-refractivity contribution in [3.63, 3.8) is 0 Å². The Hall–Kier alpha value is -2.17. The van der Waals surface area contributed by atoms with Crippen LogP contribution in [0.3, 0.4) is 0 Å². The van der Waals surface area contributed by atoms with Crippen molar-refractivity contribution in [1.82, 2.24) is 20.5 Å². The number of benzene rings is 1. The van der Waals surface area contributed by atoms with Crippen LogP contribution in [0.1, 0.15) is 31.7 Å². The van der Waals surface area contributed by atoms with Crippen molar-refractivity contribution < 1.29 is 14.0 Å². The number of imide groups is 1. The highest BCUT2D eigenvalue weighted by atomic mass is 127. The van der Waals surface area contributed by atoms with Crippen molar-refractivity contribution >= 4 is 52.7 Å². The first-order chi connectivity index (χ1) is 13.6. The standard InChI is InChI=1S/C20H26FN5O2.HI/c1-2-22-20(24-10-11-26-18(27)4-3-5-19(26)28)23-9-8-14-13-25-17-7-6-15(21)12-16(14)17;/h6-7,12-13,25H,2-5,8-11H2,1H3,(H2,22,23,24);1H. The first-order valence-corrected chi connectivity index (χ1v) is 9.69. The van der Waals surface area contributed by atoms with Gasteiger partial charge >= 0.3 is 0 Å². The van der Waals surface area contributed by atoms with Gasteiger partial charge in [0.05, 0.1) is 0 Å². The van der Waals surface area contributed by atoms with Crippen LogP contribution in [0, 0.1) is 5.82 Å². The number of H-pyrrole nitrogens is 1. The van der Waals surface area contributed by atoms with E-state index in [0.717, 1.165) is 16.5 Å². The Bertz CT molecular complexity index is 867. The number of carbonyl (C=O) groups excluding carboxylic acids is 2. The van der Waals surface area contributed by atoms with Gasteiger partial charge in [0.1, 0.15) is 5.82 Å². The average Bonchev–Trinajstić information content (AvgIpc) is 3.06. The topological polar surface area (TPSA) is 89.6 Å². The summed E-state index contributed by atoms with van der Waals surface area (Å²) in [6, 6.07) is 4.69. The van der Waals surface area contributed by atoms with Crippen LogP contribution >= 0.6 is 24.0 Å². The number of carbonyl (C=O) groups is 2. The summed E-state index contributed by atoms with van der Waals surface area (Å²) in [5.41, 5.74) is 1.92. The molecule has 3 N–H and O–H groups in total. The number of hydrogen-bond acceptors (Lipinski definition) is 3. The molecule has 7 nitrogen and oxygen atoms in total. The lowest BCUT2D eigenvalue weighted by Crippen LogP contribution is -2.46. The van der Waals surface area contributed by atoms with Crippen molar-refractivity contribution in [2.24, 2.45) is 4.99 Å². The third-order valence-electron chi connectivity index (χ3n) is 4.74. The molecule has 0 aliphatic carbocycles. The van der Waals surface area contributed by atoms with Gasteiger partial charge in [0.25, 0.3) is 0 Å². The van der Waals surface area contributed by atoms with E-state index in [2.05, 4.69) is 20.6 Å². The van der Waals surface area contributed by atoms with Gasteiger partial charge in [-0.1, -0.05) is 0 Å². The van der Waals surface area contributed by atoms with Gasteiger partial charge in [-0.15, -0.1) is 24.0 Å². The number of nitrogens with one attached hydrogen (secondary N) is 3. The molecule has 1 fully saturated rings. The Morgan fingerprint density at radius 1 is 1.24 bits per heavy atom. The molecule has 1 aromatic heterocycles. The van der Waals surface area contributed by atoms with E-state index in [0.29, 0.717) is 57.8 Å². The van der Waals surface area contributed by atoms with Crippen molar-refractivity contribution in [3.05, 3.63) is 35.8 Å². The summed E-state index contributed by atoms with van der Waals surface area (Å²) in [5.74, 6) is 0.164. The average molecular weight is 515 g/mol. The molecule has 1 aliphatic heterocycles. The summed E-state index contributed by atoms with van der Waals surface area (Å²) in [4.78, 5) is 32.7. The highest BCUT2D eigenvalue weighted by Gasteiger charge is 2.25. The second-order valence-electron chi connectivity index (χ2n) is 6.73. The number of rotatable bonds is 7. The molecule has 2 aromatic rings. The predicted molar refractivity (Wildman–Crippen MR) is 122 cm³/mol. The number of amides is 2. The zero-order chi connectivity index (χ0) is 19.9. The van der Waals surface area contributed by atoms with Gasteiger partial charge in [0.15, 0.2) is 5.96 Å². The third-order valence-corrected chi connectivity index (χ3v) is 4.74. The lowest BCUT2D eigenvalue weighted by Gasteiger charge is -2.25. The Morgan fingerprint density at radius 2 is 2.00 bits per heavy atom. The number of fused-ring (bicyclic) bond motifs is 1. The molecule has 2 amide bonds. The van der Waals surface area contributed by atoms with Crippen molar-refractivity contribution in [2.75, 3.05) is 26.2 Å². The number of piperidine rings is 1. The predicted octanol–water partition coefficient (Wildman–Crippen LogP) is 2.56. The number of guanidine groups is 1. The van der Waals surface area contributed by atoms with Crippen LogP contribution in [0.2, 0.25) is 0 Å². The molecule has 1 aliphatic rings. The molecule has 1 aromatic carbocycles. The number of hydrogen-bond donors (Lipinski definition) is 3. The van der Waals surface area contributed by atoms with Crippen LogP contribution in [0.4, 0.5) is 4.39 Å². The molecular formula is C20H27FIN5O2. The second kappa shape index (κ2) is 11.1. The van der Waals surface area contributed by atoms with Crippen LogP contribution in [0.5, 0.6) is 0 Å². The van der Waals surface area contributed by atoms with E-state index in [1.165, 1.54) is 17.0 Å². The van der Waals surface area contributed by atoms with E-state index < -0.39 is 0 Å². The fourth-order valence-electron chi connectivity index (χ4n) is 3.32. The molecule has 29 heavy (non-hydrogen) atoms. The molecule has 9 heteroatoms. The molecule has 158 valence electrons. The van der Waals surface area contributed by atoms with E-state index in [9.17, 15) is 14.0 Å². The summed E-state index contributed by atoms with van der Waals surface area (Å²) in [7, 11) is 0. The summed E-state index contributed by atoms with van der Waals surface area (Å²) in [5, 5.41) is 7.18. The zero-order valence-corrected chi connectivity index (χ0v) is 18.8. The minimum Gasteiger partial charge on any atom is -0.361 e. The monoisotopic (exact) mass is 515 g/mol. The fourth-order valence-corrected chi connectivity index (χ4v) is 3.32. The zero-order valence-electron chi connectivity index (χ0n) is 16.5. The molecule has 0 atom stereocenters. The summed E-state index contributed by atoms with van der Waals surface area (Å²) in [6.45, 7) is 3.98. The van der Waals surface area contributed by atoms with Crippen LogP contribution < -0.4 is 10.6 Å². The Morgan fingerprint density at radius 3 is 2.72 bits per heavy atom. The van der Waals surface area contributed by atoms with Crippen LogP contribution in [0.15, 0.2) is 29.4 Å². The van der Waals surface area contributed by atoms with Crippen molar-refractivity contribution in [2.45, 2.75) is 32.6 Å². The highest BCUT2D eigenvalue weighted by molar-refractivity contribution is 14.0. The first kappa shape index (κ1) is 23.1. The molecular weight excluding hydrogens is 488 g/mol. The number of halogens is 2. The molecule has 0 unspecified atom stereocenters. The molecule has 0 bridgehead atoms. The minimum atomic E-state index is -0.256. The number of nitrogens with zero attached hydrogens (tertiary/aromatic N) is 2. The van der Waals surface area contributed by atoms with Gasteiger partial charge in [-0.25, -0.2) is 4.39 Å². The van der Waals surface area contributed by atoms with Gasteiger partial charge in [-0.05, 0) is 43.5 Å². The highest BCUT2D eigenvalue weighted by Crippen LogP contribution is 2.19. The quantitative estimate of drug-likeness (QED) is 0.229. The summed E-state index contributed by atoms with van der Waals surface area (Å²) in [6.07, 6.45) is 4.07. The number of aromatic nitrogens is 1. The fraction of sp³-hybridized carbons (Fsp3) is 0.450. The van der Waals surface area contributed by atoms with Crippen LogP contribution in [-0.4, -0.2) is 53.8 Å². The van der Waals surface area contributed by atoms with E-state index in [1.807, 2.05) is 13.1 Å². The lowest BCUT2D eigenvalue weighted by atomic mass is 10.1. The second-order valence-corrected chi connectivity index (χ2v) is 6.73. The Kier molecular flexibility index (Phi) is 8.87. The van der Waals surface area contributed by atoms with Gasteiger partial charge < -0.3 is 15.6 Å². The van der Waals surface area contributed by atoms with Gasteiger partial charge in [-0.3, -0.25) is 19.5 Å². The maximum atomic E-state index is 13.5. The van der Waals surface area contributed by atoms with Crippen molar-refractivity contribution in [1.29, 1.82) is 0 Å². The third kappa shape index (κ3) is 6.15. The summed E-state index contributed by atoms with van der Waals surface area (Å²) < 4.78 is 13.5. The molecule has 3 rings (SSSR count). The van der Waals surface area contributed by atoms with E-state index in [4.69, 9.17) is 0 Å². The largest absolute Gasteiger partial charge is 0.361 e. The van der Waals surface area contributed by atoms with E-state index >= 15 is 0 Å². The number of likely N-dealkylation sites (tertiary alicyclic amines) is 1. The molecule has 2 heterocycles. The van der Waals surface area contributed by atoms with Gasteiger partial charge in [0, 0.05) is 56.1 Å². The normalized spacial score (nSPS) is 14.8. The minimum absolute atomic E-state index is 0. The Labute approximate surface area is 186 Å². The summed E-state index contributed by atoms with van der Waals surface area (Å²) >= 11 is 0. The van der Waals surface area contributed by atoms with Crippen LogP contribution in [-0.2, 0) is 16.0 Å². The first-order valence-electron chi connectivity index (χ1n) is 9.69. The maximum absolute atomic E-state index is 13.5. The van der Waals surface area contributed by atoms with Gasteiger partial charge in [0.2, 0.25) is 11.8 Å². The molecule has 0 spiro atoms. The number of aromatic amines is 1. The van der Waals surface area contributed by atoms with E-state index in [1.54, 1.807) is 6.07 Å². The number of aliphatic imine (C=N–C) groups is 1. The smallest absolute Gasteiger partial charge is 0.229 e. The molecule has 0 saturated carbocycles. The lowest BCUT2D eigenvalue weighted by molar-refractivity contribution is -0.147. The SMILES string of the molecule is CCNC(=NCCc1c[nH]c2ccc(F)cc12)NCCN1C(=O)CCCC1=O.I. The van der Waals surface area contributed by atoms with E-state index in [-0.39, 0.29) is 41.6 Å². The van der Waals surface area contributed by atoms with Crippen LogP contribution in [0.25, 0.3) is 10.9 Å². The maximum Gasteiger partial charge on any atom is 0.229 e. The molecule has 0 radical (unpaired) electrons. The Balaban J connectivity index is 0.00000300. The van der Waals surface area contributed by atoms with Crippen molar-refractivity contribution in [3.8, 4) is 0 Å². The molecule has 1 saturated heterocycles.